The standard InChI is InChI=1S/C25H25ClFN3O5/c1-34-19-13-22(30(14-19)23(31)9-4-16-2-5-17(26)6-3-16)25(33)28-21-8-7-18(12-20(21)27)29-10-11-35-15-24(29)32/h2-9,12,19,22H,10-11,13-15H2,1H3,(H,28,33)/b9-4+/t19-,22-/m1/s1. The number of ether oxygens (including phenoxy) is 2. The molecule has 0 saturated carbocycles. The van der Waals surface area contributed by atoms with E-state index in [-0.39, 0.29) is 43.2 Å². The summed E-state index contributed by atoms with van der Waals surface area (Å²) in [7, 11) is 1.52. The van der Waals surface area contributed by atoms with Gasteiger partial charge in [0.1, 0.15) is 18.5 Å². The van der Waals surface area contributed by atoms with Gasteiger partial charge in [-0.15, -0.1) is 0 Å². The highest BCUT2D eigenvalue weighted by molar-refractivity contribution is 6.30. The van der Waals surface area contributed by atoms with Crippen molar-refractivity contribution < 1.29 is 28.2 Å². The van der Waals surface area contributed by atoms with Gasteiger partial charge in [-0.2, -0.15) is 0 Å². The average Bonchev–Trinajstić information content (AvgIpc) is 3.30. The monoisotopic (exact) mass is 501 g/mol. The Morgan fingerprint density at radius 2 is 2.00 bits per heavy atom. The zero-order valence-corrected chi connectivity index (χ0v) is 19.8. The molecular weight excluding hydrogens is 477 g/mol. The van der Waals surface area contributed by atoms with E-state index in [1.807, 2.05) is 0 Å². The number of benzene rings is 2. The molecule has 8 nitrogen and oxygen atoms in total. The summed E-state index contributed by atoms with van der Waals surface area (Å²) in [6, 6.07) is 10.3. The molecule has 0 radical (unpaired) electrons. The Labute approximate surface area is 207 Å². The highest BCUT2D eigenvalue weighted by Crippen LogP contribution is 2.26. The maximum absolute atomic E-state index is 14.8. The van der Waals surface area contributed by atoms with E-state index in [9.17, 15) is 18.8 Å². The van der Waals surface area contributed by atoms with E-state index in [2.05, 4.69) is 5.32 Å². The smallest absolute Gasteiger partial charge is 0.253 e. The lowest BCUT2D eigenvalue weighted by Crippen LogP contribution is -2.42. The topological polar surface area (TPSA) is 88.2 Å². The van der Waals surface area contributed by atoms with Crippen molar-refractivity contribution in [1.29, 1.82) is 0 Å². The van der Waals surface area contributed by atoms with Crippen LogP contribution in [-0.2, 0) is 23.9 Å². The fourth-order valence-corrected chi connectivity index (χ4v) is 4.20. The van der Waals surface area contributed by atoms with Crippen LogP contribution in [-0.4, -0.2) is 68.2 Å². The largest absolute Gasteiger partial charge is 0.380 e. The highest BCUT2D eigenvalue weighted by atomic mass is 35.5. The van der Waals surface area contributed by atoms with Gasteiger partial charge in [0.15, 0.2) is 0 Å². The van der Waals surface area contributed by atoms with Crippen molar-refractivity contribution in [2.75, 3.05) is 43.6 Å². The number of anilines is 2. The molecule has 2 fully saturated rings. The molecule has 0 aliphatic carbocycles. The van der Waals surface area contributed by atoms with Crippen LogP contribution in [0.1, 0.15) is 12.0 Å². The van der Waals surface area contributed by atoms with Gasteiger partial charge < -0.3 is 24.6 Å². The third-order valence-corrected chi connectivity index (χ3v) is 6.23. The van der Waals surface area contributed by atoms with E-state index in [1.165, 1.54) is 35.1 Å². The van der Waals surface area contributed by atoms with Gasteiger partial charge >= 0.3 is 0 Å². The van der Waals surface area contributed by atoms with E-state index in [4.69, 9.17) is 21.1 Å². The number of nitrogens with zero attached hydrogens (tertiary/aromatic N) is 2. The zero-order chi connectivity index (χ0) is 24.9. The summed E-state index contributed by atoms with van der Waals surface area (Å²) < 4.78 is 25.3. The summed E-state index contributed by atoms with van der Waals surface area (Å²) in [5, 5.41) is 3.16. The first kappa shape index (κ1) is 24.8. The number of rotatable bonds is 6. The lowest BCUT2D eigenvalue weighted by Gasteiger charge is -2.27. The van der Waals surface area contributed by atoms with Gasteiger partial charge in [-0.25, -0.2) is 4.39 Å². The van der Waals surface area contributed by atoms with Crippen molar-refractivity contribution in [3.63, 3.8) is 0 Å². The van der Waals surface area contributed by atoms with Gasteiger partial charge in [0, 0.05) is 43.4 Å². The van der Waals surface area contributed by atoms with Crippen LogP contribution in [0.15, 0.2) is 48.5 Å². The number of hydrogen-bond acceptors (Lipinski definition) is 5. The van der Waals surface area contributed by atoms with Gasteiger partial charge in [0.25, 0.3) is 5.91 Å². The highest BCUT2D eigenvalue weighted by Gasteiger charge is 2.39. The number of carbonyl (C=O) groups is 3. The van der Waals surface area contributed by atoms with Crippen LogP contribution in [0.3, 0.4) is 0 Å². The average molecular weight is 502 g/mol. The summed E-state index contributed by atoms with van der Waals surface area (Å²) in [4.78, 5) is 40.8. The van der Waals surface area contributed by atoms with E-state index < -0.39 is 17.8 Å². The molecule has 2 heterocycles. The van der Waals surface area contributed by atoms with E-state index in [0.717, 1.165) is 5.56 Å². The summed E-state index contributed by atoms with van der Waals surface area (Å²) >= 11 is 5.89. The molecule has 2 atom stereocenters. The normalized spacial score (nSPS) is 20.5. The summed E-state index contributed by atoms with van der Waals surface area (Å²) in [5.74, 6) is -1.82. The second-order valence-electron chi connectivity index (χ2n) is 8.24. The van der Waals surface area contributed by atoms with Gasteiger partial charge in [-0.05, 0) is 42.0 Å². The Morgan fingerprint density at radius 3 is 2.69 bits per heavy atom. The van der Waals surface area contributed by atoms with Gasteiger partial charge in [0.2, 0.25) is 11.8 Å². The molecule has 2 aromatic rings. The maximum Gasteiger partial charge on any atom is 0.253 e. The fourth-order valence-electron chi connectivity index (χ4n) is 4.08. The molecule has 0 bridgehead atoms. The zero-order valence-electron chi connectivity index (χ0n) is 19.1. The number of likely N-dealkylation sites (tertiary alicyclic amines) is 1. The van der Waals surface area contributed by atoms with E-state index in [1.54, 1.807) is 36.4 Å². The lowest BCUT2D eigenvalue weighted by atomic mass is 10.1. The molecule has 3 amide bonds. The summed E-state index contributed by atoms with van der Waals surface area (Å²) in [5.41, 5.74) is 1.13. The van der Waals surface area contributed by atoms with Crippen molar-refractivity contribution in [1.82, 2.24) is 4.90 Å². The molecule has 4 rings (SSSR count). The van der Waals surface area contributed by atoms with Crippen molar-refractivity contribution in [3.8, 4) is 0 Å². The van der Waals surface area contributed by atoms with Gasteiger partial charge in [0.05, 0.1) is 18.4 Å². The van der Waals surface area contributed by atoms with Crippen LogP contribution in [0.25, 0.3) is 6.08 Å². The van der Waals surface area contributed by atoms with Crippen LogP contribution >= 0.6 is 11.6 Å². The third-order valence-electron chi connectivity index (χ3n) is 5.98. The van der Waals surface area contributed by atoms with Crippen LogP contribution < -0.4 is 10.2 Å². The molecule has 2 aliphatic rings. The Bertz CT molecular complexity index is 1140. The molecule has 0 unspecified atom stereocenters. The minimum atomic E-state index is -0.831. The first-order chi connectivity index (χ1) is 16.9. The number of methoxy groups -OCH3 is 1. The summed E-state index contributed by atoms with van der Waals surface area (Å²) in [6.45, 7) is 0.868. The Hall–Kier alpha value is -3.27. The number of carbonyl (C=O) groups excluding carboxylic acids is 3. The van der Waals surface area contributed by atoms with Gasteiger partial charge in [-0.1, -0.05) is 23.7 Å². The first-order valence-corrected chi connectivity index (χ1v) is 11.5. The number of amides is 3. The van der Waals surface area contributed by atoms with Crippen molar-refractivity contribution >= 4 is 46.8 Å². The quantitative estimate of drug-likeness (QED) is 0.614. The molecule has 35 heavy (non-hydrogen) atoms. The molecule has 1 N–H and O–H groups in total. The minimum absolute atomic E-state index is 0.0376. The molecule has 0 spiro atoms. The van der Waals surface area contributed by atoms with Crippen LogP contribution in [0.4, 0.5) is 15.8 Å². The molecule has 2 aromatic carbocycles. The second-order valence-corrected chi connectivity index (χ2v) is 8.67. The van der Waals surface area contributed by atoms with Crippen LogP contribution in [0.2, 0.25) is 5.02 Å². The molecule has 2 aliphatic heterocycles. The summed E-state index contributed by atoms with van der Waals surface area (Å²) in [6.07, 6.45) is 2.98. The molecule has 184 valence electrons. The predicted octanol–water partition coefficient (Wildman–Crippen LogP) is 3.11. The van der Waals surface area contributed by atoms with E-state index in [0.29, 0.717) is 23.9 Å². The number of nitrogens with one attached hydrogen (secondary N) is 1. The predicted molar refractivity (Wildman–Crippen MR) is 130 cm³/mol. The van der Waals surface area contributed by atoms with Crippen molar-refractivity contribution in [2.45, 2.75) is 18.6 Å². The molecule has 10 heteroatoms. The van der Waals surface area contributed by atoms with Crippen molar-refractivity contribution in [2.24, 2.45) is 0 Å². The van der Waals surface area contributed by atoms with E-state index >= 15 is 0 Å². The minimum Gasteiger partial charge on any atom is -0.380 e. The van der Waals surface area contributed by atoms with Crippen LogP contribution in [0, 0.1) is 5.82 Å². The third kappa shape index (κ3) is 5.87. The number of halogens is 2. The molecule has 0 aromatic heterocycles. The number of hydrogen-bond donors (Lipinski definition) is 1. The Kier molecular flexibility index (Phi) is 7.80. The molecular formula is C25H25ClFN3O5. The second kappa shape index (κ2) is 11.0. The van der Waals surface area contributed by atoms with Gasteiger partial charge in [-0.3, -0.25) is 14.4 Å². The number of morpholine rings is 1. The van der Waals surface area contributed by atoms with Crippen molar-refractivity contribution in [3.05, 3.63) is 64.9 Å². The van der Waals surface area contributed by atoms with Crippen LogP contribution in [0.5, 0.6) is 0 Å². The molecule has 2 saturated heterocycles. The SMILES string of the molecule is CO[C@@H]1C[C@H](C(=O)Nc2ccc(N3CCOCC3=O)cc2F)N(C(=O)/C=C/c2ccc(Cl)cc2)C1. The first-order valence-electron chi connectivity index (χ1n) is 11.1. The lowest BCUT2D eigenvalue weighted by molar-refractivity contribution is -0.132. The Morgan fingerprint density at radius 1 is 1.23 bits per heavy atom. The Balaban J connectivity index is 1.46. The maximum atomic E-state index is 14.8. The fraction of sp³-hybridized carbons (Fsp3) is 0.320.